The molecule has 0 radical (unpaired) electrons. The maximum absolute atomic E-state index is 14.0. The minimum Gasteiger partial charge on any atom is -0.406 e. The SMILES string of the molecule is CCCC/C(F)=C(\F)c1ccc(C#Cc2ccc(OC(F)(F)F)cc2)cc1. The predicted molar refractivity (Wildman–Crippen MR) is 94.2 cm³/mol. The molecule has 0 bridgehead atoms. The summed E-state index contributed by atoms with van der Waals surface area (Å²) in [6.45, 7) is 1.90. The first-order valence-corrected chi connectivity index (χ1v) is 8.31. The molecule has 0 aliphatic rings. The van der Waals surface area contributed by atoms with Crippen LogP contribution in [0.15, 0.2) is 54.4 Å². The van der Waals surface area contributed by atoms with Crippen LogP contribution in [-0.4, -0.2) is 6.36 Å². The summed E-state index contributed by atoms with van der Waals surface area (Å²) in [5.74, 6) is 3.63. The second kappa shape index (κ2) is 9.22. The van der Waals surface area contributed by atoms with E-state index in [1.54, 1.807) is 12.1 Å². The lowest BCUT2D eigenvalue weighted by Gasteiger charge is -2.07. The van der Waals surface area contributed by atoms with Crippen LogP contribution in [0.3, 0.4) is 0 Å². The molecule has 0 atom stereocenters. The monoisotopic (exact) mass is 380 g/mol. The first-order valence-electron chi connectivity index (χ1n) is 8.31. The maximum Gasteiger partial charge on any atom is 0.573 e. The Hall–Kier alpha value is -2.81. The molecule has 6 heteroatoms. The molecule has 0 heterocycles. The minimum absolute atomic E-state index is 0.0674. The predicted octanol–water partition coefficient (Wildman–Crippen LogP) is 6.78. The zero-order valence-electron chi connectivity index (χ0n) is 14.5. The normalized spacial score (nSPS) is 12.1. The lowest BCUT2D eigenvalue weighted by molar-refractivity contribution is -0.274. The topological polar surface area (TPSA) is 9.23 Å². The fourth-order valence-corrected chi connectivity index (χ4v) is 2.18. The summed E-state index contributed by atoms with van der Waals surface area (Å²) in [6, 6.07) is 11.1. The molecular weight excluding hydrogens is 363 g/mol. The zero-order valence-corrected chi connectivity index (χ0v) is 14.5. The van der Waals surface area contributed by atoms with Gasteiger partial charge in [-0.2, -0.15) is 0 Å². The lowest BCUT2D eigenvalue weighted by Crippen LogP contribution is -2.16. The maximum atomic E-state index is 14.0. The molecule has 0 saturated carbocycles. The Balaban J connectivity index is 2.07. The molecule has 2 aromatic carbocycles. The van der Waals surface area contributed by atoms with Crippen molar-refractivity contribution in [3.8, 4) is 17.6 Å². The Morgan fingerprint density at radius 3 is 1.89 bits per heavy atom. The number of benzene rings is 2. The number of unbranched alkanes of at least 4 members (excludes halogenated alkanes) is 1. The Kier molecular flexibility index (Phi) is 7.00. The van der Waals surface area contributed by atoms with Gasteiger partial charge in [0.25, 0.3) is 0 Å². The molecule has 0 aliphatic heterocycles. The van der Waals surface area contributed by atoms with Crippen molar-refractivity contribution in [3.63, 3.8) is 0 Å². The number of hydrogen-bond donors (Lipinski definition) is 0. The summed E-state index contributed by atoms with van der Waals surface area (Å²) in [5, 5.41) is 0. The van der Waals surface area contributed by atoms with Gasteiger partial charge in [-0.15, -0.1) is 13.2 Å². The van der Waals surface area contributed by atoms with E-state index >= 15 is 0 Å². The molecule has 142 valence electrons. The van der Waals surface area contributed by atoms with Crippen molar-refractivity contribution in [1.82, 2.24) is 0 Å². The third kappa shape index (κ3) is 6.78. The van der Waals surface area contributed by atoms with Gasteiger partial charge in [0, 0.05) is 23.1 Å². The van der Waals surface area contributed by atoms with Gasteiger partial charge in [-0.3, -0.25) is 0 Å². The first kappa shape index (κ1) is 20.5. The van der Waals surface area contributed by atoms with Gasteiger partial charge in [-0.05, 0) is 42.8 Å². The van der Waals surface area contributed by atoms with Crippen LogP contribution < -0.4 is 4.74 Å². The number of rotatable bonds is 5. The van der Waals surface area contributed by atoms with Gasteiger partial charge in [0.15, 0.2) is 5.83 Å². The average molecular weight is 380 g/mol. The first-order chi connectivity index (χ1) is 12.8. The van der Waals surface area contributed by atoms with Crippen LogP contribution in [-0.2, 0) is 0 Å². The highest BCUT2D eigenvalue weighted by atomic mass is 19.4. The van der Waals surface area contributed by atoms with Crippen LogP contribution in [0.2, 0.25) is 0 Å². The summed E-state index contributed by atoms with van der Waals surface area (Å²) in [5.41, 5.74) is 1.20. The fourth-order valence-electron chi connectivity index (χ4n) is 2.18. The van der Waals surface area contributed by atoms with E-state index in [4.69, 9.17) is 0 Å². The van der Waals surface area contributed by atoms with E-state index in [9.17, 15) is 22.0 Å². The molecule has 1 nitrogen and oxygen atoms in total. The van der Waals surface area contributed by atoms with Crippen LogP contribution in [0, 0.1) is 11.8 Å². The number of ether oxygens (including phenoxy) is 1. The Labute approximate surface area is 154 Å². The molecule has 0 spiro atoms. The van der Waals surface area contributed by atoms with Gasteiger partial charge in [0.05, 0.1) is 0 Å². The number of hydrogen-bond acceptors (Lipinski definition) is 1. The lowest BCUT2D eigenvalue weighted by atomic mass is 10.1. The van der Waals surface area contributed by atoms with Crippen LogP contribution in [0.1, 0.15) is 42.9 Å². The summed E-state index contributed by atoms with van der Waals surface area (Å²) in [6.07, 6.45) is -3.32. The number of halogens is 5. The van der Waals surface area contributed by atoms with Crippen molar-refractivity contribution in [3.05, 3.63) is 71.0 Å². The minimum atomic E-state index is -4.74. The van der Waals surface area contributed by atoms with Crippen molar-refractivity contribution in [2.45, 2.75) is 32.5 Å². The molecule has 0 fully saturated rings. The standard InChI is InChI=1S/C21H17F5O/c1-2-3-4-19(22)20(23)17-11-7-15(8-12-17)5-6-16-9-13-18(14-10-16)27-21(24,25)26/h7-14H,2-4H2,1H3/b20-19+. The molecule has 0 saturated heterocycles. The fraction of sp³-hybridized carbons (Fsp3) is 0.238. The summed E-state index contributed by atoms with van der Waals surface area (Å²) in [4.78, 5) is 0. The summed E-state index contributed by atoms with van der Waals surface area (Å²) >= 11 is 0. The highest BCUT2D eigenvalue weighted by molar-refractivity contribution is 5.62. The van der Waals surface area contributed by atoms with Crippen molar-refractivity contribution in [1.29, 1.82) is 0 Å². The average Bonchev–Trinajstić information content (AvgIpc) is 2.64. The third-order valence-corrected chi connectivity index (χ3v) is 3.57. The van der Waals surface area contributed by atoms with Gasteiger partial charge < -0.3 is 4.74 Å². The molecule has 2 aromatic rings. The third-order valence-electron chi connectivity index (χ3n) is 3.57. The van der Waals surface area contributed by atoms with Crippen molar-refractivity contribution in [2.24, 2.45) is 0 Å². The molecule has 0 unspecified atom stereocenters. The number of allylic oxidation sites excluding steroid dienone is 1. The Morgan fingerprint density at radius 1 is 0.889 bits per heavy atom. The van der Waals surface area contributed by atoms with E-state index in [1.165, 1.54) is 36.4 Å². The molecular formula is C21H17F5O. The molecule has 0 amide bonds. The van der Waals surface area contributed by atoms with Gasteiger partial charge in [-0.25, -0.2) is 8.78 Å². The Morgan fingerprint density at radius 2 is 1.41 bits per heavy atom. The van der Waals surface area contributed by atoms with Crippen LogP contribution >= 0.6 is 0 Å². The van der Waals surface area contributed by atoms with Gasteiger partial charge in [-0.1, -0.05) is 37.3 Å². The summed E-state index contributed by atoms with van der Waals surface area (Å²) in [7, 11) is 0. The van der Waals surface area contributed by atoms with Crippen LogP contribution in [0.25, 0.3) is 5.83 Å². The highest BCUT2D eigenvalue weighted by Gasteiger charge is 2.30. The van der Waals surface area contributed by atoms with E-state index in [0.29, 0.717) is 17.5 Å². The summed E-state index contributed by atoms with van der Waals surface area (Å²) < 4.78 is 67.7. The van der Waals surface area contributed by atoms with E-state index in [1.807, 2.05) is 6.92 Å². The van der Waals surface area contributed by atoms with Crippen molar-refractivity contribution >= 4 is 5.83 Å². The zero-order chi connectivity index (χ0) is 19.9. The van der Waals surface area contributed by atoms with E-state index < -0.39 is 18.0 Å². The van der Waals surface area contributed by atoms with E-state index in [-0.39, 0.29) is 17.7 Å². The highest BCUT2D eigenvalue weighted by Crippen LogP contribution is 2.25. The van der Waals surface area contributed by atoms with Crippen LogP contribution in [0.4, 0.5) is 22.0 Å². The second-order valence-corrected chi connectivity index (χ2v) is 5.72. The molecule has 2 rings (SSSR count). The van der Waals surface area contributed by atoms with Gasteiger partial charge in [0.1, 0.15) is 11.6 Å². The van der Waals surface area contributed by atoms with E-state index in [2.05, 4.69) is 16.6 Å². The van der Waals surface area contributed by atoms with Crippen LogP contribution in [0.5, 0.6) is 5.75 Å². The molecule has 27 heavy (non-hydrogen) atoms. The van der Waals surface area contributed by atoms with Gasteiger partial charge >= 0.3 is 6.36 Å². The molecule has 0 N–H and O–H groups in total. The smallest absolute Gasteiger partial charge is 0.406 e. The largest absolute Gasteiger partial charge is 0.573 e. The quantitative estimate of drug-likeness (QED) is 0.410. The second-order valence-electron chi connectivity index (χ2n) is 5.72. The molecule has 0 aromatic heterocycles. The number of alkyl halides is 3. The van der Waals surface area contributed by atoms with E-state index in [0.717, 1.165) is 6.42 Å². The van der Waals surface area contributed by atoms with Gasteiger partial charge in [0.2, 0.25) is 0 Å². The Bertz CT molecular complexity index is 837. The van der Waals surface area contributed by atoms with Crippen molar-refractivity contribution < 1.29 is 26.7 Å². The van der Waals surface area contributed by atoms with Crippen molar-refractivity contribution in [2.75, 3.05) is 0 Å². The molecule has 0 aliphatic carbocycles.